The Morgan fingerprint density at radius 3 is 1.88 bits per heavy atom. The molecule has 0 atom stereocenters. The van der Waals surface area contributed by atoms with Gasteiger partial charge < -0.3 is 9.13 Å². The van der Waals surface area contributed by atoms with Crippen LogP contribution < -0.4 is 0 Å². The zero-order valence-corrected chi connectivity index (χ0v) is 21.6. The summed E-state index contributed by atoms with van der Waals surface area (Å²) in [6.45, 7) is 0. The first-order valence-electron chi connectivity index (χ1n) is 13.4. The molecule has 0 fully saturated rings. The topological polar surface area (TPSA) is 33.6 Å². The second-order valence-electron chi connectivity index (χ2n) is 10.1. The number of rotatable bonds is 3. The average Bonchev–Trinajstić information content (AvgIpc) is 3.54. The van der Waals surface area contributed by atoms with E-state index in [2.05, 4.69) is 137 Å². The highest BCUT2D eigenvalue weighted by Gasteiger charge is 2.18. The van der Waals surface area contributed by atoms with Crippen LogP contribution in [0, 0.1) is 11.3 Å². The van der Waals surface area contributed by atoms with Crippen molar-refractivity contribution in [2.75, 3.05) is 0 Å². The maximum absolute atomic E-state index is 9.53. The summed E-state index contributed by atoms with van der Waals surface area (Å²) in [6, 6.07) is 51.3. The van der Waals surface area contributed by atoms with Gasteiger partial charge in [0.25, 0.3) is 0 Å². The van der Waals surface area contributed by atoms with Crippen LogP contribution in [-0.2, 0) is 0 Å². The van der Waals surface area contributed by atoms with Gasteiger partial charge in [0.05, 0.1) is 33.7 Å². The fraction of sp³-hybridized carbons (Fsp3) is 0. The maximum Gasteiger partial charge on any atom is 0.0992 e. The molecule has 3 nitrogen and oxygen atoms in total. The maximum atomic E-state index is 9.53. The Morgan fingerprint density at radius 1 is 0.450 bits per heavy atom. The summed E-state index contributed by atoms with van der Waals surface area (Å²) >= 11 is 0. The number of aromatic nitrogens is 2. The van der Waals surface area contributed by atoms with E-state index in [-0.39, 0.29) is 0 Å². The Balaban J connectivity index is 1.44. The lowest BCUT2D eigenvalue weighted by atomic mass is 10.00. The van der Waals surface area contributed by atoms with Gasteiger partial charge in [-0.1, -0.05) is 84.9 Å². The predicted molar refractivity (Wildman–Crippen MR) is 165 cm³/mol. The molecule has 8 rings (SSSR count). The molecule has 6 aromatic carbocycles. The minimum Gasteiger partial charge on any atom is -0.309 e. The summed E-state index contributed by atoms with van der Waals surface area (Å²) in [5.41, 5.74) is 9.82. The normalized spacial score (nSPS) is 11.5. The van der Waals surface area contributed by atoms with Gasteiger partial charge >= 0.3 is 0 Å². The first-order chi connectivity index (χ1) is 19.8. The van der Waals surface area contributed by atoms with Crippen LogP contribution in [0.15, 0.2) is 140 Å². The van der Waals surface area contributed by atoms with Crippen molar-refractivity contribution in [1.82, 2.24) is 9.13 Å². The first-order valence-corrected chi connectivity index (χ1v) is 13.4. The number of hydrogen-bond donors (Lipinski definition) is 0. The molecule has 3 heteroatoms. The molecular weight excluding hydrogens is 486 g/mol. The van der Waals surface area contributed by atoms with Crippen LogP contribution in [0.2, 0.25) is 0 Å². The number of para-hydroxylation sites is 4. The molecule has 0 bridgehead atoms. The molecule has 0 amide bonds. The van der Waals surface area contributed by atoms with Crippen LogP contribution in [-0.4, -0.2) is 9.13 Å². The lowest BCUT2D eigenvalue weighted by molar-refractivity contribution is 1.18. The summed E-state index contributed by atoms with van der Waals surface area (Å²) in [5, 5.41) is 14.4. The summed E-state index contributed by atoms with van der Waals surface area (Å²) in [5.74, 6) is 0. The third kappa shape index (κ3) is 3.24. The molecule has 0 saturated heterocycles. The molecule has 8 aromatic rings. The van der Waals surface area contributed by atoms with Gasteiger partial charge in [-0.15, -0.1) is 0 Å². The summed E-state index contributed by atoms with van der Waals surface area (Å²) in [7, 11) is 0. The number of fused-ring (bicyclic) bond motifs is 6. The van der Waals surface area contributed by atoms with E-state index in [4.69, 9.17) is 0 Å². The summed E-state index contributed by atoms with van der Waals surface area (Å²) in [6.07, 6.45) is 0. The molecule has 0 aliphatic carbocycles. The standard InChI is InChI=1S/C37H23N3/c38-24-25-10-8-13-28(22-25)39-34-18-6-5-15-31(34)33-23-26(20-21-36(33)39)29-16-9-17-32-30-14-4-7-19-35(30)40(37(29)32)27-11-2-1-3-12-27/h1-23H. The Labute approximate surface area is 231 Å². The lowest BCUT2D eigenvalue weighted by Gasteiger charge is -2.12. The van der Waals surface area contributed by atoms with Gasteiger partial charge in [-0.05, 0) is 60.2 Å². The van der Waals surface area contributed by atoms with Crippen molar-refractivity contribution < 1.29 is 0 Å². The molecule has 0 aliphatic heterocycles. The average molecular weight is 510 g/mol. The van der Waals surface area contributed by atoms with Crippen molar-refractivity contribution in [1.29, 1.82) is 5.26 Å². The van der Waals surface area contributed by atoms with E-state index in [1.54, 1.807) is 0 Å². The third-order valence-electron chi connectivity index (χ3n) is 7.93. The van der Waals surface area contributed by atoms with Gasteiger partial charge in [0.15, 0.2) is 0 Å². The van der Waals surface area contributed by atoms with Crippen LogP contribution >= 0.6 is 0 Å². The third-order valence-corrected chi connectivity index (χ3v) is 7.93. The molecule has 2 aromatic heterocycles. The van der Waals surface area contributed by atoms with Crippen LogP contribution in [0.3, 0.4) is 0 Å². The van der Waals surface area contributed by atoms with E-state index in [0.717, 1.165) is 22.4 Å². The highest BCUT2D eigenvalue weighted by Crippen LogP contribution is 2.40. The molecule has 0 spiro atoms. The zero-order chi connectivity index (χ0) is 26.6. The van der Waals surface area contributed by atoms with E-state index in [1.807, 2.05) is 18.2 Å². The Bertz CT molecular complexity index is 2280. The number of nitriles is 1. The number of hydrogen-bond acceptors (Lipinski definition) is 1. The molecule has 2 heterocycles. The van der Waals surface area contributed by atoms with Crippen LogP contribution in [0.4, 0.5) is 0 Å². The van der Waals surface area contributed by atoms with Crippen molar-refractivity contribution in [2.45, 2.75) is 0 Å². The van der Waals surface area contributed by atoms with Gasteiger partial charge in [-0.25, -0.2) is 0 Å². The van der Waals surface area contributed by atoms with Gasteiger partial charge in [0.2, 0.25) is 0 Å². The van der Waals surface area contributed by atoms with Gasteiger partial charge in [-0.3, -0.25) is 0 Å². The second-order valence-corrected chi connectivity index (χ2v) is 10.1. The van der Waals surface area contributed by atoms with E-state index < -0.39 is 0 Å². The van der Waals surface area contributed by atoms with Gasteiger partial charge in [0, 0.05) is 38.5 Å². The highest BCUT2D eigenvalue weighted by molar-refractivity contribution is 6.15. The first kappa shape index (κ1) is 22.4. The lowest BCUT2D eigenvalue weighted by Crippen LogP contribution is -1.95. The van der Waals surface area contributed by atoms with Gasteiger partial charge in [-0.2, -0.15) is 5.26 Å². The quantitative estimate of drug-likeness (QED) is 0.233. The van der Waals surface area contributed by atoms with E-state index >= 15 is 0 Å². The van der Waals surface area contributed by atoms with Crippen LogP contribution in [0.25, 0.3) is 66.1 Å². The molecule has 0 radical (unpaired) electrons. The fourth-order valence-corrected chi connectivity index (χ4v) is 6.23. The van der Waals surface area contributed by atoms with Crippen molar-refractivity contribution in [3.05, 3.63) is 145 Å². The number of nitrogens with zero attached hydrogens (tertiary/aromatic N) is 3. The molecule has 186 valence electrons. The van der Waals surface area contributed by atoms with Crippen molar-refractivity contribution in [2.24, 2.45) is 0 Å². The molecular formula is C37H23N3. The second kappa shape index (κ2) is 8.73. The van der Waals surface area contributed by atoms with E-state index in [1.165, 1.54) is 43.7 Å². The van der Waals surface area contributed by atoms with E-state index in [0.29, 0.717) is 5.56 Å². The number of benzene rings is 6. The monoisotopic (exact) mass is 509 g/mol. The minimum atomic E-state index is 0.653. The van der Waals surface area contributed by atoms with Crippen molar-refractivity contribution in [3.8, 4) is 28.6 Å². The predicted octanol–water partition coefficient (Wildman–Crippen LogP) is 9.42. The fourth-order valence-electron chi connectivity index (χ4n) is 6.23. The van der Waals surface area contributed by atoms with Crippen molar-refractivity contribution in [3.63, 3.8) is 0 Å². The molecule has 0 unspecified atom stereocenters. The Morgan fingerprint density at radius 2 is 1.07 bits per heavy atom. The molecule has 0 N–H and O–H groups in total. The summed E-state index contributed by atoms with van der Waals surface area (Å²) in [4.78, 5) is 0. The Kier molecular flexibility index (Phi) is 4.89. The van der Waals surface area contributed by atoms with Crippen LogP contribution in [0.5, 0.6) is 0 Å². The van der Waals surface area contributed by atoms with Crippen LogP contribution in [0.1, 0.15) is 5.56 Å². The molecule has 0 aliphatic rings. The molecule has 40 heavy (non-hydrogen) atoms. The largest absolute Gasteiger partial charge is 0.309 e. The Hall–Kier alpha value is -5.59. The van der Waals surface area contributed by atoms with E-state index in [9.17, 15) is 5.26 Å². The smallest absolute Gasteiger partial charge is 0.0992 e. The molecule has 0 saturated carbocycles. The van der Waals surface area contributed by atoms with Gasteiger partial charge in [0.1, 0.15) is 0 Å². The summed E-state index contributed by atoms with van der Waals surface area (Å²) < 4.78 is 4.65. The highest BCUT2D eigenvalue weighted by atomic mass is 15.0. The SMILES string of the molecule is N#Cc1cccc(-n2c3ccccc3c3cc(-c4cccc5c6ccccc6n(-c6ccccc6)c45)ccc32)c1. The zero-order valence-electron chi connectivity index (χ0n) is 21.6. The minimum absolute atomic E-state index is 0.653. The van der Waals surface area contributed by atoms with Crippen molar-refractivity contribution >= 4 is 43.6 Å².